The molecule has 1 atom stereocenters. The van der Waals surface area contributed by atoms with Gasteiger partial charge in [-0.15, -0.1) is 0 Å². The fourth-order valence-corrected chi connectivity index (χ4v) is 1.83. The van der Waals surface area contributed by atoms with Gasteiger partial charge in [0.05, 0.1) is 5.41 Å². The maximum atomic E-state index is 11.5. The summed E-state index contributed by atoms with van der Waals surface area (Å²) in [7, 11) is 0. The van der Waals surface area contributed by atoms with Gasteiger partial charge in [0.2, 0.25) is 5.91 Å². The monoisotopic (exact) mass is 270 g/mol. The molecule has 1 rings (SSSR count). The normalized spacial score (nSPS) is 20.5. The second kappa shape index (κ2) is 5.19. The van der Waals surface area contributed by atoms with E-state index in [0.29, 0.717) is 12.5 Å². The van der Waals surface area contributed by atoms with Gasteiger partial charge in [-0.05, 0) is 31.6 Å². The zero-order valence-corrected chi connectivity index (χ0v) is 11.9. The van der Waals surface area contributed by atoms with Crippen LogP contribution in [0.25, 0.3) is 0 Å². The predicted octanol–water partition coefficient (Wildman–Crippen LogP) is 1.36. The van der Waals surface area contributed by atoms with Gasteiger partial charge in [0.25, 0.3) is 0 Å². The molecule has 1 unspecified atom stereocenters. The van der Waals surface area contributed by atoms with E-state index in [1.54, 1.807) is 0 Å². The first-order valence-electron chi connectivity index (χ1n) is 6.36. The van der Waals surface area contributed by atoms with Gasteiger partial charge in [-0.2, -0.15) is 0 Å². The fourth-order valence-electron chi connectivity index (χ4n) is 1.83. The maximum absolute atomic E-state index is 11.5. The summed E-state index contributed by atoms with van der Waals surface area (Å²) >= 11 is 0. The summed E-state index contributed by atoms with van der Waals surface area (Å²) in [5.41, 5.74) is -0.911. The number of carboxylic acid groups (broad SMARTS) is 1. The molecule has 19 heavy (non-hydrogen) atoms. The maximum Gasteiger partial charge on any atom is 0.321 e. The van der Waals surface area contributed by atoms with Crippen molar-refractivity contribution in [2.24, 2.45) is 16.7 Å². The van der Waals surface area contributed by atoms with E-state index in [9.17, 15) is 14.4 Å². The van der Waals surface area contributed by atoms with Gasteiger partial charge in [0.15, 0.2) is 0 Å². The molecular weight excluding hydrogens is 248 g/mol. The van der Waals surface area contributed by atoms with Crippen molar-refractivity contribution in [3.63, 3.8) is 0 Å². The number of hydrogen-bond donors (Lipinski definition) is 3. The first-order valence-corrected chi connectivity index (χ1v) is 6.36. The van der Waals surface area contributed by atoms with Crippen molar-refractivity contribution in [1.82, 2.24) is 10.6 Å². The Balaban J connectivity index is 2.29. The van der Waals surface area contributed by atoms with Crippen LogP contribution in [0.15, 0.2) is 0 Å². The predicted molar refractivity (Wildman–Crippen MR) is 69.5 cm³/mol. The lowest BCUT2D eigenvalue weighted by Gasteiger charge is -2.17. The first kappa shape index (κ1) is 15.5. The third kappa shape index (κ3) is 4.54. The molecule has 0 saturated heterocycles. The number of carbonyl (C=O) groups excluding carboxylic acids is 2. The Kier molecular flexibility index (Phi) is 4.22. The summed E-state index contributed by atoms with van der Waals surface area (Å²) in [6, 6.07) is -0.561. The summed E-state index contributed by atoms with van der Waals surface area (Å²) in [4.78, 5) is 33.8. The molecule has 108 valence electrons. The molecule has 6 heteroatoms. The molecule has 0 aromatic rings. The Morgan fingerprint density at radius 1 is 1.32 bits per heavy atom. The Morgan fingerprint density at radius 2 is 1.84 bits per heavy atom. The quantitative estimate of drug-likeness (QED) is 0.703. The number of imide groups is 1. The standard InChI is InChI=1S/C13H22N2O4/c1-12(2)5-8(12)7-14-11(19)15-9(16)6-13(3,4)10(17)18/h8H,5-7H2,1-4H3,(H,17,18)(H2,14,15,16,19). The average molecular weight is 270 g/mol. The number of aliphatic carboxylic acids is 1. The average Bonchev–Trinajstić information content (AvgIpc) is 2.82. The van der Waals surface area contributed by atoms with Crippen LogP contribution in [0.1, 0.15) is 40.5 Å². The topological polar surface area (TPSA) is 95.5 Å². The molecule has 3 N–H and O–H groups in total. The largest absolute Gasteiger partial charge is 0.481 e. The van der Waals surface area contributed by atoms with Crippen molar-refractivity contribution >= 4 is 17.9 Å². The van der Waals surface area contributed by atoms with Gasteiger partial charge >= 0.3 is 12.0 Å². The van der Waals surface area contributed by atoms with Crippen LogP contribution in [0.5, 0.6) is 0 Å². The molecule has 0 aromatic heterocycles. The molecule has 0 radical (unpaired) electrons. The molecule has 0 heterocycles. The van der Waals surface area contributed by atoms with Gasteiger partial charge < -0.3 is 10.4 Å². The fraction of sp³-hybridized carbons (Fsp3) is 0.769. The van der Waals surface area contributed by atoms with Gasteiger partial charge in [0, 0.05) is 13.0 Å². The lowest BCUT2D eigenvalue weighted by Crippen LogP contribution is -2.42. The third-order valence-corrected chi connectivity index (χ3v) is 3.66. The number of urea groups is 1. The summed E-state index contributed by atoms with van der Waals surface area (Å²) in [6.45, 7) is 7.67. The minimum Gasteiger partial charge on any atom is -0.481 e. The van der Waals surface area contributed by atoms with Gasteiger partial charge in [-0.3, -0.25) is 14.9 Å². The van der Waals surface area contributed by atoms with E-state index in [1.807, 2.05) is 0 Å². The highest BCUT2D eigenvalue weighted by Gasteiger charge is 2.45. The van der Waals surface area contributed by atoms with E-state index in [4.69, 9.17) is 5.11 Å². The SMILES string of the molecule is CC(C)(CC(=O)NC(=O)NCC1CC1(C)C)C(=O)O. The van der Waals surface area contributed by atoms with Crippen molar-refractivity contribution in [3.05, 3.63) is 0 Å². The number of carboxylic acids is 1. The first-order chi connectivity index (χ1) is 8.54. The lowest BCUT2D eigenvalue weighted by atomic mass is 9.89. The summed E-state index contributed by atoms with van der Waals surface area (Å²) in [5.74, 6) is -1.20. The molecule has 1 fully saturated rings. The number of rotatable bonds is 5. The zero-order valence-electron chi connectivity index (χ0n) is 11.9. The molecule has 1 aliphatic carbocycles. The van der Waals surface area contributed by atoms with E-state index in [-0.39, 0.29) is 11.8 Å². The molecule has 1 aliphatic rings. The highest BCUT2D eigenvalue weighted by Crippen LogP contribution is 2.50. The minimum atomic E-state index is -1.18. The summed E-state index contributed by atoms with van der Waals surface area (Å²) in [5, 5.41) is 13.7. The number of carbonyl (C=O) groups is 3. The molecular formula is C13H22N2O4. The van der Waals surface area contributed by atoms with Crippen LogP contribution in [0, 0.1) is 16.7 Å². The van der Waals surface area contributed by atoms with Gasteiger partial charge in [0.1, 0.15) is 0 Å². The van der Waals surface area contributed by atoms with E-state index in [1.165, 1.54) is 13.8 Å². The Labute approximate surface area is 112 Å². The van der Waals surface area contributed by atoms with E-state index >= 15 is 0 Å². The van der Waals surface area contributed by atoms with Crippen LogP contribution >= 0.6 is 0 Å². The van der Waals surface area contributed by atoms with Crippen LogP contribution in [-0.2, 0) is 9.59 Å². The second-order valence-electron chi connectivity index (χ2n) is 6.51. The van der Waals surface area contributed by atoms with Crippen LogP contribution in [-0.4, -0.2) is 29.6 Å². The lowest BCUT2D eigenvalue weighted by molar-refractivity contribution is -0.149. The molecule has 3 amide bonds. The summed E-state index contributed by atoms with van der Waals surface area (Å²) < 4.78 is 0. The van der Waals surface area contributed by atoms with Crippen molar-refractivity contribution in [3.8, 4) is 0 Å². The highest BCUT2D eigenvalue weighted by atomic mass is 16.4. The highest BCUT2D eigenvalue weighted by molar-refractivity contribution is 5.96. The van der Waals surface area contributed by atoms with Crippen molar-refractivity contribution in [2.45, 2.75) is 40.5 Å². The molecule has 0 bridgehead atoms. The van der Waals surface area contributed by atoms with Crippen molar-refractivity contribution in [1.29, 1.82) is 0 Å². The number of amides is 3. The molecule has 0 spiro atoms. The Morgan fingerprint density at radius 3 is 2.26 bits per heavy atom. The van der Waals surface area contributed by atoms with E-state index in [0.717, 1.165) is 6.42 Å². The van der Waals surface area contributed by atoms with Crippen LogP contribution in [0.2, 0.25) is 0 Å². The van der Waals surface area contributed by atoms with Gasteiger partial charge in [-0.25, -0.2) is 4.79 Å². The second-order valence-corrected chi connectivity index (χ2v) is 6.51. The van der Waals surface area contributed by atoms with Crippen LogP contribution in [0.3, 0.4) is 0 Å². The zero-order chi connectivity index (χ0) is 14.8. The summed E-state index contributed by atoms with van der Waals surface area (Å²) in [6.07, 6.45) is 0.831. The Bertz CT molecular complexity index is 401. The number of hydrogen-bond acceptors (Lipinski definition) is 3. The molecule has 0 aliphatic heterocycles. The van der Waals surface area contributed by atoms with Gasteiger partial charge in [-0.1, -0.05) is 13.8 Å². The van der Waals surface area contributed by atoms with Crippen LogP contribution < -0.4 is 10.6 Å². The third-order valence-electron chi connectivity index (χ3n) is 3.66. The minimum absolute atomic E-state index is 0.231. The van der Waals surface area contributed by atoms with Crippen molar-refractivity contribution in [2.75, 3.05) is 6.54 Å². The Hall–Kier alpha value is -1.59. The molecule has 6 nitrogen and oxygen atoms in total. The van der Waals surface area contributed by atoms with Crippen LogP contribution in [0.4, 0.5) is 4.79 Å². The van der Waals surface area contributed by atoms with E-state index in [2.05, 4.69) is 24.5 Å². The number of nitrogens with one attached hydrogen (secondary N) is 2. The smallest absolute Gasteiger partial charge is 0.321 e. The van der Waals surface area contributed by atoms with E-state index < -0.39 is 23.3 Å². The molecule has 0 aromatic carbocycles. The molecule has 1 saturated carbocycles. The van der Waals surface area contributed by atoms with Crippen molar-refractivity contribution < 1.29 is 19.5 Å².